The van der Waals surface area contributed by atoms with Crippen LogP contribution < -0.4 is 5.32 Å². The zero-order valence-corrected chi connectivity index (χ0v) is 21.2. The fourth-order valence-electron chi connectivity index (χ4n) is 3.05. The van der Waals surface area contributed by atoms with Gasteiger partial charge in [0.05, 0.1) is 65.1 Å². The van der Waals surface area contributed by atoms with E-state index >= 15 is 0 Å². The average Bonchev–Trinajstić information content (AvgIpc) is 3.21. The van der Waals surface area contributed by atoms with Crippen molar-refractivity contribution >= 4 is 5.91 Å². The van der Waals surface area contributed by atoms with Crippen LogP contribution in [0.1, 0.15) is 59.1 Å². The molecule has 0 radical (unpaired) electrons. The molecular weight excluding hydrogens is 424 g/mol. The Morgan fingerprint density at radius 2 is 1.48 bits per heavy atom. The Bertz CT molecular complexity index is 595. The van der Waals surface area contributed by atoms with Gasteiger partial charge in [-0.2, -0.15) is 0 Å². The highest BCUT2D eigenvalue weighted by atomic mass is 16.6. The Morgan fingerprint density at radius 3 is 2.09 bits per heavy atom. The van der Waals surface area contributed by atoms with Crippen molar-refractivity contribution in [2.24, 2.45) is 11.8 Å². The molecule has 0 spiro atoms. The van der Waals surface area contributed by atoms with Crippen molar-refractivity contribution in [1.29, 1.82) is 0 Å². The summed E-state index contributed by atoms with van der Waals surface area (Å²) in [5.41, 5.74) is 1.06. The SMILES string of the molecule is CC(C)CCCCc1cn(CCOCCOCCOCCOCCNC(=O)CC(C)C)nn1. The van der Waals surface area contributed by atoms with Crippen LogP contribution in [0, 0.1) is 11.8 Å². The van der Waals surface area contributed by atoms with Gasteiger partial charge in [-0.25, -0.2) is 4.68 Å². The zero-order chi connectivity index (χ0) is 24.2. The molecule has 9 nitrogen and oxygen atoms in total. The number of ether oxygens (including phenoxy) is 4. The molecule has 0 saturated carbocycles. The number of nitrogens with zero attached hydrogens (tertiary/aromatic N) is 3. The van der Waals surface area contributed by atoms with Gasteiger partial charge in [0.2, 0.25) is 5.91 Å². The molecule has 0 aliphatic heterocycles. The highest BCUT2D eigenvalue weighted by Gasteiger charge is 2.04. The summed E-state index contributed by atoms with van der Waals surface area (Å²) < 4.78 is 23.8. The van der Waals surface area contributed by atoms with Gasteiger partial charge in [0, 0.05) is 19.2 Å². The summed E-state index contributed by atoms with van der Waals surface area (Å²) in [5, 5.41) is 11.2. The molecule has 1 amide bonds. The minimum Gasteiger partial charge on any atom is -0.377 e. The van der Waals surface area contributed by atoms with Crippen molar-refractivity contribution in [3.8, 4) is 0 Å². The van der Waals surface area contributed by atoms with Crippen molar-refractivity contribution in [2.75, 3.05) is 59.4 Å². The molecule has 0 atom stereocenters. The second kappa shape index (κ2) is 19.9. The van der Waals surface area contributed by atoms with E-state index in [0.717, 1.165) is 18.0 Å². The summed E-state index contributed by atoms with van der Waals surface area (Å²) in [5.74, 6) is 1.21. The summed E-state index contributed by atoms with van der Waals surface area (Å²) in [6.07, 6.45) is 7.23. The van der Waals surface area contributed by atoms with E-state index in [1.54, 1.807) is 0 Å². The lowest BCUT2D eigenvalue weighted by Gasteiger charge is -2.09. The molecule has 1 rings (SSSR count). The summed E-state index contributed by atoms with van der Waals surface area (Å²) in [4.78, 5) is 11.5. The second-order valence-electron chi connectivity index (χ2n) is 9.01. The van der Waals surface area contributed by atoms with Gasteiger partial charge in [-0.1, -0.05) is 45.7 Å². The minimum absolute atomic E-state index is 0.0708. The fraction of sp³-hybridized carbons (Fsp3) is 0.875. The predicted molar refractivity (Wildman–Crippen MR) is 128 cm³/mol. The predicted octanol–water partition coefficient (Wildman–Crippen LogP) is 2.88. The van der Waals surface area contributed by atoms with E-state index < -0.39 is 0 Å². The lowest BCUT2D eigenvalue weighted by Crippen LogP contribution is -2.28. The Labute approximate surface area is 199 Å². The molecule has 0 aliphatic carbocycles. The number of nitrogens with one attached hydrogen (secondary N) is 1. The topological polar surface area (TPSA) is 96.7 Å². The Morgan fingerprint density at radius 1 is 0.879 bits per heavy atom. The van der Waals surface area contributed by atoms with Gasteiger partial charge >= 0.3 is 0 Å². The minimum atomic E-state index is 0.0708. The second-order valence-corrected chi connectivity index (χ2v) is 9.01. The van der Waals surface area contributed by atoms with Crippen molar-refractivity contribution in [3.63, 3.8) is 0 Å². The van der Waals surface area contributed by atoms with Crippen molar-refractivity contribution in [3.05, 3.63) is 11.9 Å². The van der Waals surface area contributed by atoms with E-state index in [-0.39, 0.29) is 5.91 Å². The molecule has 0 aliphatic rings. The first-order valence-corrected chi connectivity index (χ1v) is 12.4. The van der Waals surface area contributed by atoms with E-state index in [4.69, 9.17) is 18.9 Å². The van der Waals surface area contributed by atoms with E-state index in [2.05, 4.69) is 29.5 Å². The van der Waals surface area contributed by atoms with Crippen LogP contribution in [-0.4, -0.2) is 80.3 Å². The van der Waals surface area contributed by atoms with E-state index in [1.165, 1.54) is 19.3 Å². The number of rotatable bonds is 22. The van der Waals surface area contributed by atoms with Crippen LogP contribution >= 0.6 is 0 Å². The van der Waals surface area contributed by atoms with E-state index in [9.17, 15) is 4.79 Å². The monoisotopic (exact) mass is 470 g/mol. The number of unbranched alkanes of at least 4 members (excludes halogenated alkanes) is 1. The number of hydrogen-bond donors (Lipinski definition) is 1. The van der Waals surface area contributed by atoms with Crippen LogP contribution in [0.5, 0.6) is 0 Å². The smallest absolute Gasteiger partial charge is 0.220 e. The lowest BCUT2D eigenvalue weighted by molar-refractivity contribution is -0.122. The molecule has 192 valence electrons. The largest absolute Gasteiger partial charge is 0.377 e. The van der Waals surface area contributed by atoms with Gasteiger partial charge < -0.3 is 24.3 Å². The van der Waals surface area contributed by atoms with Gasteiger partial charge in [0.15, 0.2) is 0 Å². The maximum Gasteiger partial charge on any atom is 0.220 e. The molecule has 0 aromatic carbocycles. The highest BCUT2D eigenvalue weighted by molar-refractivity contribution is 5.75. The number of amides is 1. The first kappa shape index (κ1) is 29.5. The number of carbonyl (C=O) groups is 1. The van der Waals surface area contributed by atoms with Crippen molar-refractivity contribution in [1.82, 2.24) is 20.3 Å². The third-order valence-electron chi connectivity index (χ3n) is 4.79. The third kappa shape index (κ3) is 18.6. The molecule has 9 heteroatoms. The van der Waals surface area contributed by atoms with Gasteiger partial charge in [0.1, 0.15) is 0 Å². The van der Waals surface area contributed by atoms with E-state index in [0.29, 0.717) is 78.3 Å². The standard InChI is InChI=1S/C24H46N4O5/c1-21(2)7-5-6-8-23-20-28(27-26-23)10-12-31-14-16-33-18-17-32-15-13-30-11-9-25-24(29)19-22(3)4/h20-22H,5-19H2,1-4H3,(H,25,29). The average molecular weight is 471 g/mol. The maximum atomic E-state index is 11.5. The van der Waals surface area contributed by atoms with Gasteiger partial charge in [-0.15, -0.1) is 5.10 Å². The molecule has 0 fully saturated rings. The van der Waals surface area contributed by atoms with Crippen LogP contribution in [0.15, 0.2) is 6.20 Å². The zero-order valence-electron chi connectivity index (χ0n) is 21.2. The fourth-order valence-corrected chi connectivity index (χ4v) is 3.05. The molecule has 33 heavy (non-hydrogen) atoms. The van der Waals surface area contributed by atoms with Crippen LogP contribution in [-0.2, 0) is 36.7 Å². The van der Waals surface area contributed by atoms with Crippen LogP contribution in [0.4, 0.5) is 0 Å². The molecule has 0 unspecified atom stereocenters. The first-order chi connectivity index (χ1) is 16.0. The molecule has 1 aromatic rings. The first-order valence-electron chi connectivity index (χ1n) is 12.4. The maximum absolute atomic E-state index is 11.5. The number of hydrogen-bond acceptors (Lipinski definition) is 7. The third-order valence-corrected chi connectivity index (χ3v) is 4.79. The van der Waals surface area contributed by atoms with Crippen LogP contribution in [0.3, 0.4) is 0 Å². The van der Waals surface area contributed by atoms with Gasteiger partial charge in [-0.05, 0) is 24.7 Å². The summed E-state index contributed by atoms with van der Waals surface area (Å²) >= 11 is 0. The Hall–Kier alpha value is -1.55. The highest BCUT2D eigenvalue weighted by Crippen LogP contribution is 2.09. The Kier molecular flexibility index (Phi) is 17.8. The van der Waals surface area contributed by atoms with Gasteiger partial charge in [-0.3, -0.25) is 4.79 Å². The van der Waals surface area contributed by atoms with Crippen molar-refractivity contribution < 1.29 is 23.7 Å². The van der Waals surface area contributed by atoms with Crippen molar-refractivity contribution in [2.45, 2.75) is 66.3 Å². The lowest BCUT2D eigenvalue weighted by atomic mass is 10.0. The van der Waals surface area contributed by atoms with E-state index in [1.807, 2.05) is 24.7 Å². The molecule has 1 N–H and O–H groups in total. The molecule has 0 saturated heterocycles. The van der Waals surface area contributed by atoms with Crippen LogP contribution in [0.2, 0.25) is 0 Å². The molecule has 1 aromatic heterocycles. The summed E-state index contributed by atoms with van der Waals surface area (Å²) in [6, 6.07) is 0. The Balaban J connectivity index is 1.82. The molecule has 0 bridgehead atoms. The molecule has 1 heterocycles. The normalized spacial score (nSPS) is 11.6. The number of aryl methyl sites for hydroxylation is 1. The van der Waals surface area contributed by atoms with Gasteiger partial charge in [0.25, 0.3) is 0 Å². The molecular formula is C24H46N4O5. The summed E-state index contributed by atoms with van der Waals surface area (Å²) in [7, 11) is 0. The van der Waals surface area contributed by atoms with Crippen LogP contribution in [0.25, 0.3) is 0 Å². The quantitative estimate of drug-likeness (QED) is 0.260. The number of aromatic nitrogens is 3. The summed E-state index contributed by atoms with van der Waals surface area (Å²) in [6.45, 7) is 14.0. The number of carbonyl (C=O) groups excluding carboxylic acids is 1.